The standard InChI is InChI=1S/C8H9NO/c1-9(10)7-8-5-3-2-4-6-8/h2-7H,1H3/b9-7+. The minimum Gasteiger partial charge on any atom is -0.624 e. The van der Waals surface area contributed by atoms with Gasteiger partial charge in [0.15, 0.2) is 6.21 Å². The van der Waals surface area contributed by atoms with Gasteiger partial charge in [-0.25, -0.2) is 4.74 Å². The molecule has 0 atom stereocenters. The van der Waals surface area contributed by atoms with Crippen LogP contribution in [0.25, 0.3) is 0 Å². The van der Waals surface area contributed by atoms with Crippen molar-refractivity contribution < 1.29 is 4.74 Å². The van der Waals surface area contributed by atoms with E-state index in [1.807, 2.05) is 30.3 Å². The number of nitrogens with zero attached hydrogens (tertiary/aromatic N) is 1. The van der Waals surface area contributed by atoms with E-state index in [9.17, 15) is 5.21 Å². The molecule has 0 N–H and O–H groups in total. The summed E-state index contributed by atoms with van der Waals surface area (Å²) in [4.78, 5) is 0. The molecule has 0 saturated carbocycles. The third-order valence-corrected chi connectivity index (χ3v) is 1.13. The van der Waals surface area contributed by atoms with Gasteiger partial charge in [0.1, 0.15) is 7.05 Å². The topological polar surface area (TPSA) is 26.1 Å². The lowest BCUT2D eigenvalue weighted by Crippen LogP contribution is -1.96. The number of benzene rings is 1. The summed E-state index contributed by atoms with van der Waals surface area (Å²) in [6.45, 7) is 0. The van der Waals surface area contributed by atoms with Crippen molar-refractivity contribution in [3.8, 4) is 0 Å². The Morgan fingerprint density at radius 3 is 2.40 bits per heavy atom. The summed E-state index contributed by atoms with van der Waals surface area (Å²) in [5.41, 5.74) is 0.931. The van der Waals surface area contributed by atoms with E-state index in [1.54, 1.807) is 0 Å². The predicted molar refractivity (Wildman–Crippen MR) is 41.2 cm³/mol. The van der Waals surface area contributed by atoms with Crippen LogP contribution < -0.4 is 0 Å². The van der Waals surface area contributed by atoms with Gasteiger partial charge in [0.05, 0.1) is 0 Å². The Kier molecular flexibility index (Phi) is 2.05. The Morgan fingerprint density at radius 2 is 1.90 bits per heavy atom. The van der Waals surface area contributed by atoms with E-state index in [2.05, 4.69) is 0 Å². The van der Waals surface area contributed by atoms with E-state index >= 15 is 0 Å². The van der Waals surface area contributed by atoms with Crippen molar-refractivity contribution in [3.63, 3.8) is 0 Å². The fourth-order valence-electron chi connectivity index (χ4n) is 0.749. The molecule has 10 heavy (non-hydrogen) atoms. The molecule has 0 radical (unpaired) electrons. The monoisotopic (exact) mass is 135 g/mol. The summed E-state index contributed by atoms with van der Waals surface area (Å²) in [5.74, 6) is 0. The maximum atomic E-state index is 10.5. The van der Waals surface area contributed by atoms with Gasteiger partial charge in [0.25, 0.3) is 0 Å². The Balaban J connectivity index is 2.87. The molecule has 0 spiro atoms. The van der Waals surface area contributed by atoms with Gasteiger partial charge in [-0.2, -0.15) is 0 Å². The normalized spacial score (nSPS) is 11.5. The van der Waals surface area contributed by atoms with Gasteiger partial charge in [-0.1, -0.05) is 18.2 Å². The van der Waals surface area contributed by atoms with Gasteiger partial charge in [0, 0.05) is 5.56 Å². The lowest BCUT2D eigenvalue weighted by atomic mass is 10.2. The lowest BCUT2D eigenvalue weighted by molar-refractivity contribution is -0.416. The van der Waals surface area contributed by atoms with E-state index in [1.165, 1.54) is 13.3 Å². The van der Waals surface area contributed by atoms with Crippen molar-refractivity contribution in [2.24, 2.45) is 0 Å². The zero-order valence-electron chi connectivity index (χ0n) is 5.82. The van der Waals surface area contributed by atoms with Crippen LogP contribution >= 0.6 is 0 Å². The lowest BCUT2D eigenvalue weighted by Gasteiger charge is -1.93. The fourth-order valence-corrected chi connectivity index (χ4v) is 0.749. The van der Waals surface area contributed by atoms with Crippen LogP contribution in [0, 0.1) is 5.21 Å². The van der Waals surface area contributed by atoms with E-state index in [0.29, 0.717) is 0 Å². The molecular weight excluding hydrogens is 126 g/mol. The Hall–Kier alpha value is -1.31. The van der Waals surface area contributed by atoms with E-state index in [4.69, 9.17) is 0 Å². The van der Waals surface area contributed by atoms with Crippen LogP contribution in [0.3, 0.4) is 0 Å². The Bertz CT molecular complexity index is 224. The maximum absolute atomic E-state index is 10.5. The van der Waals surface area contributed by atoms with Crippen LogP contribution in [0.15, 0.2) is 30.3 Å². The zero-order chi connectivity index (χ0) is 7.40. The van der Waals surface area contributed by atoms with Gasteiger partial charge in [-0.3, -0.25) is 0 Å². The summed E-state index contributed by atoms with van der Waals surface area (Å²) in [7, 11) is 1.47. The highest BCUT2D eigenvalue weighted by Gasteiger charge is 1.86. The molecule has 2 heteroatoms. The number of hydroxylamine groups is 1. The highest BCUT2D eigenvalue weighted by atomic mass is 16.5. The Morgan fingerprint density at radius 1 is 1.30 bits per heavy atom. The van der Waals surface area contributed by atoms with Gasteiger partial charge < -0.3 is 5.21 Å². The van der Waals surface area contributed by atoms with E-state index in [-0.39, 0.29) is 0 Å². The predicted octanol–water partition coefficient (Wildman–Crippen LogP) is 1.25. The molecule has 0 aliphatic heterocycles. The molecule has 1 rings (SSSR count). The molecule has 0 aliphatic carbocycles. The largest absolute Gasteiger partial charge is 0.624 e. The van der Waals surface area contributed by atoms with Gasteiger partial charge in [-0.15, -0.1) is 0 Å². The molecular formula is C8H9NO. The van der Waals surface area contributed by atoms with Crippen molar-refractivity contribution >= 4 is 6.21 Å². The number of hydrogen-bond donors (Lipinski definition) is 0. The second-order valence-corrected chi connectivity index (χ2v) is 2.09. The van der Waals surface area contributed by atoms with Crippen LogP contribution in [0.2, 0.25) is 0 Å². The molecule has 52 valence electrons. The minimum absolute atomic E-state index is 0.787. The smallest absolute Gasteiger partial charge is 0.181 e. The summed E-state index contributed by atoms with van der Waals surface area (Å²) in [6.07, 6.45) is 1.53. The van der Waals surface area contributed by atoms with Gasteiger partial charge in [0.2, 0.25) is 0 Å². The van der Waals surface area contributed by atoms with Crippen molar-refractivity contribution in [1.82, 2.24) is 0 Å². The first-order valence-corrected chi connectivity index (χ1v) is 3.09. The second-order valence-electron chi connectivity index (χ2n) is 2.09. The average molecular weight is 135 g/mol. The van der Waals surface area contributed by atoms with E-state index in [0.717, 1.165) is 10.3 Å². The van der Waals surface area contributed by atoms with Crippen molar-refractivity contribution in [3.05, 3.63) is 41.1 Å². The molecule has 0 unspecified atom stereocenters. The molecule has 1 aromatic carbocycles. The first-order valence-electron chi connectivity index (χ1n) is 3.09. The zero-order valence-corrected chi connectivity index (χ0v) is 5.82. The summed E-state index contributed by atoms with van der Waals surface area (Å²) in [6, 6.07) is 9.48. The van der Waals surface area contributed by atoms with Crippen LogP contribution in [-0.2, 0) is 0 Å². The van der Waals surface area contributed by atoms with Crippen LogP contribution in [0.4, 0.5) is 0 Å². The summed E-state index contributed by atoms with van der Waals surface area (Å²) >= 11 is 0. The summed E-state index contributed by atoms with van der Waals surface area (Å²) in [5, 5.41) is 10.5. The SMILES string of the molecule is C/[N+]([O-])=C\c1ccccc1. The first kappa shape index (κ1) is 6.81. The third-order valence-electron chi connectivity index (χ3n) is 1.13. The number of hydrogen-bond acceptors (Lipinski definition) is 1. The molecule has 0 heterocycles. The molecule has 0 aliphatic rings. The van der Waals surface area contributed by atoms with Crippen LogP contribution in [-0.4, -0.2) is 18.0 Å². The molecule has 0 aromatic heterocycles. The van der Waals surface area contributed by atoms with Crippen molar-refractivity contribution in [1.29, 1.82) is 0 Å². The van der Waals surface area contributed by atoms with Crippen molar-refractivity contribution in [2.75, 3.05) is 7.05 Å². The summed E-state index contributed by atoms with van der Waals surface area (Å²) < 4.78 is 0.787. The number of rotatable bonds is 1. The quantitative estimate of drug-likeness (QED) is 0.246. The molecule has 2 nitrogen and oxygen atoms in total. The molecule has 0 bridgehead atoms. The van der Waals surface area contributed by atoms with Crippen molar-refractivity contribution in [2.45, 2.75) is 0 Å². The highest BCUT2D eigenvalue weighted by Crippen LogP contribution is 1.92. The van der Waals surface area contributed by atoms with Gasteiger partial charge in [-0.05, 0) is 12.1 Å². The maximum Gasteiger partial charge on any atom is 0.181 e. The van der Waals surface area contributed by atoms with Crippen LogP contribution in [0.5, 0.6) is 0 Å². The van der Waals surface area contributed by atoms with E-state index < -0.39 is 0 Å². The highest BCUT2D eigenvalue weighted by molar-refractivity contribution is 5.75. The van der Waals surface area contributed by atoms with Crippen LogP contribution in [0.1, 0.15) is 5.56 Å². The molecule has 0 fully saturated rings. The first-order chi connectivity index (χ1) is 4.79. The third kappa shape index (κ3) is 1.90. The molecule has 0 amide bonds. The molecule has 0 saturated heterocycles. The second kappa shape index (κ2) is 3.01. The fraction of sp³-hybridized carbons (Fsp3) is 0.125. The minimum atomic E-state index is 0.787. The Labute approximate surface area is 60.0 Å². The molecule has 1 aromatic rings. The van der Waals surface area contributed by atoms with Gasteiger partial charge >= 0.3 is 0 Å². The average Bonchev–Trinajstić information content (AvgIpc) is 1.88.